The Hall–Kier alpha value is -3.77. The molecule has 1 aromatic carbocycles. The third-order valence-corrected chi connectivity index (χ3v) is 6.00. The smallest absolute Gasteiger partial charge is 0.264 e. The number of anilines is 1. The maximum absolute atomic E-state index is 12.5. The van der Waals surface area contributed by atoms with E-state index in [1.165, 1.54) is 11.3 Å². The second kappa shape index (κ2) is 9.58. The lowest BCUT2D eigenvalue weighted by atomic mass is 10.2. The molecule has 0 radical (unpaired) electrons. The molecular formula is C23H22N4O4S. The SMILES string of the molecule is COc1ccc(/C=C/c2nc(C#N)c(N3CCN(C(=O)c4cccs4)CC3)o2)cc1OC. The highest BCUT2D eigenvalue weighted by Gasteiger charge is 2.26. The fourth-order valence-electron chi connectivity index (χ4n) is 3.48. The minimum atomic E-state index is 0.0382. The van der Waals surface area contributed by atoms with Gasteiger partial charge in [-0.1, -0.05) is 12.1 Å². The van der Waals surface area contributed by atoms with Gasteiger partial charge in [-0.3, -0.25) is 4.79 Å². The molecule has 0 atom stereocenters. The van der Waals surface area contributed by atoms with Gasteiger partial charge in [-0.05, 0) is 35.2 Å². The number of oxazole rings is 1. The van der Waals surface area contributed by atoms with Crippen molar-refractivity contribution in [3.05, 3.63) is 57.7 Å². The highest BCUT2D eigenvalue weighted by molar-refractivity contribution is 7.12. The number of nitriles is 1. The van der Waals surface area contributed by atoms with Gasteiger partial charge in [-0.25, -0.2) is 0 Å². The van der Waals surface area contributed by atoms with Crippen LogP contribution >= 0.6 is 11.3 Å². The second-order valence-corrected chi connectivity index (χ2v) is 7.97. The van der Waals surface area contributed by atoms with Crippen LogP contribution in [0.4, 0.5) is 5.88 Å². The molecule has 0 N–H and O–H groups in total. The van der Waals surface area contributed by atoms with Gasteiger partial charge in [0.25, 0.3) is 5.91 Å². The maximum atomic E-state index is 12.5. The van der Waals surface area contributed by atoms with Crippen LogP contribution in [0.2, 0.25) is 0 Å². The molecule has 4 rings (SSSR count). The molecule has 3 heterocycles. The molecule has 1 aliphatic heterocycles. The second-order valence-electron chi connectivity index (χ2n) is 7.02. The summed E-state index contributed by atoms with van der Waals surface area (Å²) in [6, 6.07) is 11.4. The van der Waals surface area contributed by atoms with Crippen molar-refractivity contribution in [1.82, 2.24) is 9.88 Å². The monoisotopic (exact) mass is 450 g/mol. The van der Waals surface area contributed by atoms with E-state index in [-0.39, 0.29) is 11.6 Å². The van der Waals surface area contributed by atoms with E-state index in [1.54, 1.807) is 20.3 Å². The summed E-state index contributed by atoms with van der Waals surface area (Å²) < 4.78 is 16.5. The van der Waals surface area contributed by atoms with Gasteiger partial charge in [0.15, 0.2) is 11.5 Å². The molecule has 0 bridgehead atoms. The first-order valence-corrected chi connectivity index (χ1v) is 10.9. The first-order valence-electron chi connectivity index (χ1n) is 10.0. The van der Waals surface area contributed by atoms with Crippen LogP contribution in [0.5, 0.6) is 11.5 Å². The average molecular weight is 451 g/mol. The molecule has 3 aromatic rings. The van der Waals surface area contributed by atoms with Crippen LogP contribution < -0.4 is 14.4 Å². The average Bonchev–Trinajstić information content (AvgIpc) is 3.52. The summed E-state index contributed by atoms with van der Waals surface area (Å²) in [4.78, 5) is 21.4. The number of amides is 1. The number of hydrogen-bond donors (Lipinski definition) is 0. The van der Waals surface area contributed by atoms with Crippen molar-refractivity contribution in [1.29, 1.82) is 5.26 Å². The molecular weight excluding hydrogens is 428 g/mol. The standard InChI is InChI=1S/C23H22N4O4S/c1-29-18-7-5-16(14-19(18)30-2)6-8-21-25-17(15-24)23(31-21)27-11-9-26(10-12-27)22(28)20-4-3-13-32-20/h3-8,13-14H,9-12H2,1-2H3/b8-6+. The van der Waals surface area contributed by atoms with Crippen molar-refractivity contribution in [2.24, 2.45) is 0 Å². The van der Waals surface area contributed by atoms with Crippen molar-refractivity contribution >= 4 is 35.3 Å². The Balaban J connectivity index is 1.45. The van der Waals surface area contributed by atoms with Crippen LogP contribution in [0.1, 0.15) is 26.8 Å². The lowest BCUT2D eigenvalue weighted by Crippen LogP contribution is -2.48. The molecule has 1 amide bonds. The minimum Gasteiger partial charge on any atom is -0.493 e. The van der Waals surface area contributed by atoms with Crippen molar-refractivity contribution in [2.45, 2.75) is 0 Å². The van der Waals surface area contributed by atoms with Gasteiger partial charge in [-0.15, -0.1) is 11.3 Å². The Morgan fingerprint density at radius 1 is 1.16 bits per heavy atom. The summed E-state index contributed by atoms with van der Waals surface area (Å²) >= 11 is 1.44. The van der Waals surface area contributed by atoms with E-state index in [9.17, 15) is 10.1 Å². The minimum absolute atomic E-state index is 0.0382. The van der Waals surface area contributed by atoms with Gasteiger partial charge < -0.3 is 23.7 Å². The van der Waals surface area contributed by atoms with Gasteiger partial charge in [0.05, 0.1) is 19.1 Å². The summed E-state index contributed by atoms with van der Waals surface area (Å²) in [6.07, 6.45) is 3.54. The van der Waals surface area contributed by atoms with Crippen molar-refractivity contribution < 1.29 is 18.7 Å². The van der Waals surface area contributed by atoms with Crippen molar-refractivity contribution in [3.8, 4) is 17.6 Å². The molecule has 8 nitrogen and oxygen atoms in total. The first-order chi connectivity index (χ1) is 15.6. The number of carbonyl (C=O) groups excluding carboxylic acids is 1. The summed E-state index contributed by atoms with van der Waals surface area (Å²) in [6.45, 7) is 2.25. The normalized spacial score (nSPS) is 13.9. The van der Waals surface area contributed by atoms with E-state index in [0.29, 0.717) is 49.5 Å². The van der Waals surface area contributed by atoms with Crippen LogP contribution in [-0.2, 0) is 0 Å². The molecule has 164 valence electrons. The number of aromatic nitrogens is 1. The number of methoxy groups -OCH3 is 2. The van der Waals surface area contributed by atoms with Gasteiger partial charge in [0, 0.05) is 32.3 Å². The molecule has 1 saturated heterocycles. The lowest BCUT2D eigenvalue weighted by molar-refractivity contribution is 0.0750. The maximum Gasteiger partial charge on any atom is 0.264 e. The van der Waals surface area contributed by atoms with E-state index in [1.807, 2.05) is 51.6 Å². The molecule has 9 heteroatoms. The van der Waals surface area contributed by atoms with Crippen LogP contribution in [0.15, 0.2) is 40.1 Å². The number of benzene rings is 1. The van der Waals surface area contributed by atoms with Gasteiger partial charge >= 0.3 is 0 Å². The zero-order valence-corrected chi connectivity index (χ0v) is 18.6. The highest BCUT2D eigenvalue weighted by atomic mass is 32.1. The zero-order valence-electron chi connectivity index (χ0n) is 17.8. The summed E-state index contributed by atoms with van der Waals surface area (Å²) in [5.41, 5.74) is 1.11. The van der Waals surface area contributed by atoms with E-state index in [4.69, 9.17) is 13.9 Å². The van der Waals surface area contributed by atoms with Gasteiger partial charge in [0.1, 0.15) is 6.07 Å². The zero-order chi connectivity index (χ0) is 22.5. The fourth-order valence-corrected chi connectivity index (χ4v) is 4.17. The quantitative estimate of drug-likeness (QED) is 0.565. The predicted octanol–water partition coefficient (Wildman–Crippen LogP) is 3.76. The number of thiophene rings is 1. The molecule has 1 fully saturated rings. The number of ether oxygens (including phenoxy) is 2. The molecule has 0 spiro atoms. The molecule has 1 aliphatic rings. The summed E-state index contributed by atoms with van der Waals surface area (Å²) in [5, 5.41) is 11.4. The van der Waals surface area contributed by atoms with E-state index in [2.05, 4.69) is 11.1 Å². The molecule has 2 aromatic heterocycles. The van der Waals surface area contributed by atoms with Crippen molar-refractivity contribution in [2.75, 3.05) is 45.3 Å². The molecule has 0 aliphatic carbocycles. The van der Waals surface area contributed by atoms with Crippen LogP contribution in [0, 0.1) is 11.3 Å². The Kier molecular flexibility index (Phi) is 6.42. The van der Waals surface area contributed by atoms with E-state index >= 15 is 0 Å². The topological polar surface area (TPSA) is 91.8 Å². The molecule has 0 unspecified atom stereocenters. The Morgan fingerprint density at radius 2 is 1.94 bits per heavy atom. The van der Waals surface area contributed by atoms with Crippen LogP contribution in [0.3, 0.4) is 0 Å². The van der Waals surface area contributed by atoms with Crippen LogP contribution in [-0.4, -0.2) is 56.2 Å². The van der Waals surface area contributed by atoms with Gasteiger partial charge in [-0.2, -0.15) is 10.2 Å². The highest BCUT2D eigenvalue weighted by Crippen LogP contribution is 2.29. The Labute approximate surface area is 189 Å². The lowest BCUT2D eigenvalue weighted by Gasteiger charge is -2.34. The Bertz CT molecular complexity index is 1160. The van der Waals surface area contributed by atoms with E-state index < -0.39 is 0 Å². The third kappa shape index (κ3) is 4.45. The number of nitrogens with zero attached hydrogens (tertiary/aromatic N) is 4. The number of carbonyl (C=O) groups is 1. The first kappa shape index (κ1) is 21.5. The fraction of sp³-hybridized carbons (Fsp3) is 0.261. The van der Waals surface area contributed by atoms with E-state index in [0.717, 1.165) is 10.4 Å². The largest absolute Gasteiger partial charge is 0.493 e. The Morgan fingerprint density at radius 3 is 2.59 bits per heavy atom. The predicted molar refractivity (Wildman–Crippen MR) is 122 cm³/mol. The third-order valence-electron chi connectivity index (χ3n) is 5.14. The van der Waals surface area contributed by atoms with Gasteiger partial charge in [0.2, 0.25) is 17.5 Å². The number of piperazine rings is 1. The molecule has 32 heavy (non-hydrogen) atoms. The van der Waals surface area contributed by atoms with Crippen molar-refractivity contribution in [3.63, 3.8) is 0 Å². The summed E-state index contributed by atoms with van der Waals surface area (Å²) in [7, 11) is 3.17. The number of rotatable bonds is 6. The van der Waals surface area contributed by atoms with Crippen LogP contribution in [0.25, 0.3) is 12.2 Å². The number of hydrogen-bond acceptors (Lipinski definition) is 8. The molecule has 0 saturated carbocycles. The summed E-state index contributed by atoms with van der Waals surface area (Å²) in [5.74, 6) is 2.07.